The van der Waals surface area contributed by atoms with Gasteiger partial charge in [-0.05, 0) is 30.5 Å². The van der Waals surface area contributed by atoms with Crippen LogP contribution in [-0.4, -0.2) is 30.5 Å². The molecule has 3 aromatic rings. The molecule has 0 bridgehead atoms. The van der Waals surface area contributed by atoms with Crippen molar-refractivity contribution in [3.63, 3.8) is 0 Å². The second kappa shape index (κ2) is 7.08. The summed E-state index contributed by atoms with van der Waals surface area (Å²) in [6, 6.07) is 8.12. The zero-order valence-corrected chi connectivity index (χ0v) is 13.8. The molecule has 0 radical (unpaired) electrons. The number of rotatable bonds is 6. The van der Waals surface area contributed by atoms with Gasteiger partial charge in [0.15, 0.2) is 0 Å². The number of carbonyl (C=O) groups is 1. The third-order valence-corrected chi connectivity index (χ3v) is 3.71. The normalized spacial score (nSPS) is 10.8. The van der Waals surface area contributed by atoms with Crippen LogP contribution in [0.2, 0.25) is 0 Å². The molecule has 0 saturated carbocycles. The summed E-state index contributed by atoms with van der Waals surface area (Å²) < 4.78 is 3.47. The number of carbonyl (C=O) groups excluding carboxylic acids is 1. The van der Waals surface area contributed by atoms with Crippen molar-refractivity contribution in [3.8, 4) is 0 Å². The molecule has 0 fully saturated rings. The van der Waals surface area contributed by atoms with Crippen LogP contribution in [0.15, 0.2) is 43.0 Å². The van der Waals surface area contributed by atoms with E-state index in [9.17, 15) is 4.79 Å². The van der Waals surface area contributed by atoms with Crippen molar-refractivity contribution in [1.82, 2.24) is 24.5 Å². The second-order valence-electron chi connectivity index (χ2n) is 5.77. The van der Waals surface area contributed by atoms with Crippen molar-refractivity contribution in [2.75, 3.05) is 5.32 Å². The number of aryl methyl sites for hydroxylation is 3. The lowest BCUT2D eigenvalue weighted by atomic mass is 10.1. The Morgan fingerprint density at radius 2 is 2.04 bits per heavy atom. The molecule has 0 saturated heterocycles. The summed E-state index contributed by atoms with van der Waals surface area (Å²) in [5, 5.41) is 11.2. The number of nitrogens with one attached hydrogen (secondary N) is 1. The highest BCUT2D eigenvalue weighted by atomic mass is 16.1. The first-order chi connectivity index (χ1) is 11.6. The van der Waals surface area contributed by atoms with E-state index in [1.807, 2.05) is 25.3 Å². The molecule has 7 heteroatoms. The lowest BCUT2D eigenvalue weighted by Crippen LogP contribution is -2.16. The predicted octanol–water partition coefficient (Wildman–Crippen LogP) is 2.17. The molecule has 0 atom stereocenters. The SMILES string of the molecule is Cc1cnn(CCC(=O)Nc2ncn(Cc3ccccc3C)n2)c1. The number of benzene rings is 1. The Hall–Kier alpha value is -2.96. The standard InChI is InChI=1S/C17H20N6O/c1-13-9-19-22(10-13)8-7-16(24)20-17-18-12-23(21-17)11-15-6-4-3-5-14(15)2/h3-6,9-10,12H,7-8,11H2,1-2H3,(H,20,21,24). The van der Waals surface area contributed by atoms with Gasteiger partial charge in [0, 0.05) is 19.2 Å². The zero-order chi connectivity index (χ0) is 16.9. The van der Waals surface area contributed by atoms with Crippen LogP contribution in [0.3, 0.4) is 0 Å². The molecule has 1 N–H and O–H groups in total. The number of hydrogen-bond acceptors (Lipinski definition) is 4. The highest BCUT2D eigenvalue weighted by Gasteiger charge is 2.08. The minimum atomic E-state index is -0.128. The molecule has 1 aromatic carbocycles. The van der Waals surface area contributed by atoms with Crippen molar-refractivity contribution >= 4 is 11.9 Å². The molecule has 0 unspecified atom stereocenters. The molecular formula is C17H20N6O. The van der Waals surface area contributed by atoms with Gasteiger partial charge in [0.05, 0.1) is 12.7 Å². The number of amides is 1. The average molecular weight is 324 g/mol. The van der Waals surface area contributed by atoms with Gasteiger partial charge in [-0.25, -0.2) is 9.67 Å². The van der Waals surface area contributed by atoms with Crippen LogP contribution in [0.4, 0.5) is 5.95 Å². The number of hydrogen-bond donors (Lipinski definition) is 1. The first kappa shape index (κ1) is 15.9. The lowest BCUT2D eigenvalue weighted by Gasteiger charge is -2.04. The van der Waals surface area contributed by atoms with Crippen LogP contribution >= 0.6 is 0 Å². The quantitative estimate of drug-likeness (QED) is 0.754. The minimum absolute atomic E-state index is 0.128. The topological polar surface area (TPSA) is 77.6 Å². The van der Waals surface area contributed by atoms with E-state index in [1.54, 1.807) is 21.9 Å². The Morgan fingerprint density at radius 3 is 2.79 bits per heavy atom. The molecule has 0 aliphatic rings. The van der Waals surface area contributed by atoms with Gasteiger partial charge in [-0.1, -0.05) is 24.3 Å². The van der Waals surface area contributed by atoms with Crippen LogP contribution in [0, 0.1) is 13.8 Å². The lowest BCUT2D eigenvalue weighted by molar-refractivity contribution is -0.116. The van der Waals surface area contributed by atoms with Crippen LogP contribution in [0.1, 0.15) is 23.1 Å². The molecule has 2 heterocycles. The molecule has 7 nitrogen and oxygen atoms in total. The van der Waals surface area contributed by atoms with E-state index in [4.69, 9.17) is 0 Å². The zero-order valence-electron chi connectivity index (χ0n) is 13.8. The summed E-state index contributed by atoms with van der Waals surface area (Å²) >= 11 is 0. The Bertz CT molecular complexity index is 835. The molecule has 3 rings (SSSR count). The van der Waals surface area contributed by atoms with Crippen molar-refractivity contribution in [3.05, 3.63) is 59.7 Å². The van der Waals surface area contributed by atoms with Gasteiger partial charge in [-0.3, -0.25) is 14.8 Å². The van der Waals surface area contributed by atoms with Crippen LogP contribution in [0.25, 0.3) is 0 Å². The molecule has 1 amide bonds. The third-order valence-electron chi connectivity index (χ3n) is 3.71. The van der Waals surface area contributed by atoms with E-state index in [0.29, 0.717) is 25.5 Å². The van der Waals surface area contributed by atoms with Crippen LogP contribution in [-0.2, 0) is 17.9 Å². The monoisotopic (exact) mass is 324 g/mol. The predicted molar refractivity (Wildman–Crippen MR) is 90.5 cm³/mol. The summed E-state index contributed by atoms with van der Waals surface area (Å²) in [4.78, 5) is 16.1. The Kier molecular flexibility index (Phi) is 4.69. The Labute approximate surface area is 140 Å². The van der Waals surface area contributed by atoms with Gasteiger partial charge in [-0.2, -0.15) is 5.10 Å². The highest BCUT2D eigenvalue weighted by Crippen LogP contribution is 2.09. The van der Waals surface area contributed by atoms with E-state index in [0.717, 1.165) is 5.56 Å². The van der Waals surface area contributed by atoms with E-state index in [1.165, 1.54) is 11.1 Å². The van der Waals surface area contributed by atoms with Gasteiger partial charge in [0.1, 0.15) is 6.33 Å². The maximum atomic E-state index is 12.0. The Balaban J connectivity index is 1.53. The first-order valence-electron chi connectivity index (χ1n) is 7.83. The molecule has 0 aliphatic carbocycles. The van der Waals surface area contributed by atoms with E-state index in [2.05, 4.69) is 39.6 Å². The average Bonchev–Trinajstić information content (AvgIpc) is 3.17. The smallest absolute Gasteiger partial charge is 0.248 e. The molecule has 124 valence electrons. The Morgan fingerprint density at radius 1 is 1.21 bits per heavy atom. The van der Waals surface area contributed by atoms with E-state index >= 15 is 0 Å². The summed E-state index contributed by atoms with van der Waals surface area (Å²) in [6.45, 7) is 5.19. The maximum absolute atomic E-state index is 12.0. The number of nitrogens with zero attached hydrogens (tertiary/aromatic N) is 5. The van der Waals surface area contributed by atoms with Crippen molar-refractivity contribution in [2.24, 2.45) is 0 Å². The summed E-state index contributed by atoms with van der Waals surface area (Å²) in [6.07, 6.45) is 5.63. The molecule has 2 aromatic heterocycles. The number of aromatic nitrogens is 5. The highest BCUT2D eigenvalue weighted by molar-refractivity contribution is 5.88. The van der Waals surface area contributed by atoms with Gasteiger partial charge in [0.25, 0.3) is 0 Å². The van der Waals surface area contributed by atoms with Gasteiger partial charge >= 0.3 is 0 Å². The second-order valence-corrected chi connectivity index (χ2v) is 5.77. The van der Waals surface area contributed by atoms with Crippen molar-refractivity contribution in [1.29, 1.82) is 0 Å². The minimum Gasteiger partial charge on any atom is -0.293 e. The van der Waals surface area contributed by atoms with Gasteiger partial charge in [0.2, 0.25) is 11.9 Å². The largest absolute Gasteiger partial charge is 0.293 e. The molecular weight excluding hydrogens is 304 g/mol. The summed E-state index contributed by atoms with van der Waals surface area (Å²) in [7, 11) is 0. The van der Waals surface area contributed by atoms with Gasteiger partial charge < -0.3 is 0 Å². The molecule has 24 heavy (non-hydrogen) atoms. The summed E-state index contributed by atoms with van der Waals surface area (Å²) in [5.41, 5.74) is 3.45. The third kappa shape index (κ3) is 4.07. The fourth-order valence-electron chi connectivity index (χ4n) is 2.38. The summed E-state index contributed by atoms with van der Waals surface area (Å²) in [5.74, 6) is 0.196. The maximum Gasteiger partial charge on any atom is 0.248 e. The van der Waals surface area contributed by atoms with Crippen LogP contribution < -0.4 is 5.32 Å². The number of anilines is 1. The van der Waals surface area contributed by atoms with E-state index in [-0.39, 0.29) is 5.91 Å². The van der Waals surface area contributed by atoms with Crippen molar-refractivity contribution < 1.29 is 4.79 Å². The molecule has 0 aliphatic heterocycles. The van der Waals surface area contributed by atoms with E-state index < -0.39 is 0 Å². The first-order valence-corrected chi connectivity index (χ1v) is 7.83. The van der Waals surface area contributed by atoms with Crippen molar-refractivity contribution in [2.45, 2.75) is 33.4 Å². The van der Waals surface area contributed by atoms with Crippen LogP contribution in [0.5, 0.6) is 0 Å². The van der Waals surface area contributed by atoms with Gasteiger partial charge in [-0.15, -0.1) is 5.10 Å². The fourth-order valence-corrected chi connectivity index (χ4v) is 2.38. The fraction of sp³-hybridized carbons (Fsp3) is 0.294. The molecule has 0 spiro atoms.